The van der Waals surface area contributed by atoms with E-state index in [4.69, 9.17) is 4.98 Å². The van der Waals surface area contributed by atoms with Crippen LogP contribution in [0.4, 0.5) is 11.6 Å². The van der Waals surface area contributed by atoms with Crippen LogP contribution in [0, 0.1) is 0 Å². The van der Waals surface area contributed by atoms with Crippen LogP contribution in [-0.4, -0.2) is 50.6 Å². The Morgan fingerprint density at radius 1 is 1.09 bits per heavy atom. The first-order valence-corrected chi connectivity index (χ1v) is 12.5. The molecule has 0 spiro atoms. The fourth-order valence-corrected chi connectivity index (χ4v) is 5.19. The van der Waals surface area contributed by atoms with Crippen molar-refractivity contribution in [2.45, 2.75) is 89.6 Å². The van der Waals surface area contributed by atoms with E-state index in [1.165, 1.54) is 24.4 Å². The molecule has 0 radical (unpaired) electrons. The number of anilines is 2. The van der Waals surface area contributed by atoms with E-state index >= 15 is 0 Å². The minimum atomic E-state index is 0. The molecule has 35 heavy (non-hydrogen) atoms. The highest BCUT2D eigenvalue weighted by molar-refractivity contribution is 5.94. The van der Waals surface area contributed by atoms with Gasteiger partial charge in [-0.2, -0.15) is 0 Å². The summed E-state index contributed by atoms with van der Waals surface area (Å²) in [6.07, 6.45) is 9.07. The van der Waals surface area contributed by atoms with Crippen molar-refractivity contribution < 1.29 is 4.79 Å². The smallest absolute Gasteiger partial charge is 0.226 e. The third-order valence-corrected chi connectivity index (χ3v) is 7.09. The van der Waals surface area contributed by atoms with Crippen LogP contribution in [0.15, 0.2) is 12.5 Å². The zero-order valence-corrected chi connectivity index (χ0v) is 22.8. The van der Waals surface area contributed by atoms with Gasteiger partial charge in [0.1, 0.15) is 23.8 Å². The van der Waals surface area contributed by atoms with Gasteiger partial charge in [-0.25, -0.2) is 15.0 Å². The van der Waals surface area contributed by atoms with Gasteiger partial charge in [-0.1, -0.05) is 6.92 Å². The van der Waals surface area contributed by atoms with Crippen molar-refractivity contribution in [3.05, 3.63) is 29.6 Å². The molecule has 1 saturated heterocycles. The van der Waals surface area contributed by atoms with E-state index in [0.717, 1.165) is 50.4 Å². The number of rotatable bonds is 6. The van der Waals surface area contributed by atoms with E-state index in [9.17, 15) is 4.79 Å². The van der Waals surface area contributed by atoms with Crippen molar-refractivity contribution >= 4 is 42.4 Å². The van der Waals surface area contributed by atoms with E-state index < -0.39 is 0 Å². The van der Waals surface area contributed by atoms with Gasteiger partial charge in [0.25, 0.3) is 0 Å². The fraction of sp³-hybridized carbons (Fsp3) is 0.680. The second-order valence-corrected chi connectivity index (χ2v) is 11.0. The molecule has 2 aromatic heterocycles. The number of fused-ring (bicyclic) bond motifs is 1. The summed E-state index contributed by atoms with van der Waals surface area (Å²) in [5, 5.41) is 6.54. The molecule has 8 nitrogen and oxygen atoms in total. The van der Waals surface area contributed by atoms with Gasteiger partial charge in [0.05, 0.1) is 5.69 Å². The van der Waals surface area contributed by atoms with Crippen LogP contribution in [0.5, 0.6) is 0 Å². The molecule has 0 bridgehead atoms. The number of halogens is 2. The van der Waals surface area contributed by atoms with Gasteiger partial charge >= 0.3 is 0 Å². The molecule has 1 atom stereocenters. The van der Waals surface area contributed by atoms with E-state index in [1.807, 2.05) is 0 Å². The highest BCUT2D eigenvalue weighted by Gasteiger charge is 2.33. The van der Waals surface area contributed by atoms with Gasteiger partial charge in [0, 0.05) is 61.7 Å². The first-order valence-electron chi connectivity index (χ1n) is 12.5. The largest absolute Gasteiger partial charge is 0.356 e. The van der Waals surface area contributed by atoms with E-state index in [2.05, 4.69) is 64.0 Å². The predicted molar refractivity (Wildman–Crippen MR) is 144 cm³/mol. The number of amides is 1. The first-order chi connectivity index (χ1) is 15.8. The average molecular weight is 525 g/mol. The summed E-state index contributed by atoms with van der Waals surface area (Å²) in [6.45, 7) is 12.5. The standard InChI is InChI=1S/C25H37N7O.2ClH/c1-16-13-20(33)30-22-21(16)24(27-15-26-22)31-10-7-18(8-11-31)23-29-19(17-5-6-17)14-32(23)12-9-28-25(2,3)4;;/h14-18,28H,5-13H2,1-4H3,(H,26,27,30,33);2*1H/t16-;;/m1../s1. The topological polar surface area (TPSA) is 88.0 Å². The molecule has 0 unspecified atom stereocenters. The van der Waals surface area contributed by atoms with Crippen LogP contribution in [0.1, 0.15) is 94.6 Å². The predicted octanol–water partition coefficient (Wildman–Crippen LogP) is 4.61. The normalized spacial score (nSPS) is 20.5. The molecule has 1 amide bonds. The molecule has 2 aromatic rings. The number of hydrogen-bond acceptors (Lipinski definition) is 6. The summed E-state index contributed by atoms with van der Waals surface area (Å²) in [6, 6.07) is 0. The van der Waals surface area contributed by atoms with Gasteiger partial charge in [0.15, 0.2) is 0 Å². The monoisotopic (exact) mass is 523 g/mol. The number of aromatic nitrogens is 4. The highest BCUT2D eigenvalue weighted by Crippen LogP contribution is 2.41. The Morgan fingerprint density at radius 2 is 1.80 bits per heavy atom. The van der Waals surface area contributed by atoms with Crippen molar-refractivity contribution in [3.8, 4) is 0 Å². The number of hydrogen-bond donors (Lipinski definition) is 2. The summed E-state index contributed by atoms with van der Waals surface area (Å²) in [5.41, 5.74) is 2.50. The molecular formula is C25H39Cl2N7O. The molecule has 1 saturated carbocycles. The van der Waals surface area contributed by atoms with Crippen LogP contribution in [0.3, 0.4) is 0 Å². The Bertz CT molecular complexity index is 1020. The van der Waals surface area contributed by atoms with Crippen LogP contribution in [0.2, 0.25) is 0 Å². The maximum atomic E-state index is 11.9. The van der Waals surface area contributed by atoms with Crippen LogP contribution >= 0.6 is 24.8 Å². The third-order valence-electron chi connectivity index (χ3n) is 7.09. The van der Waals surface area contributed by atoms with Crippen LogP contribution < -0.4 is 15.5 Å². The van der Waals surface area contributed by atoms with E-state index in [0.29, 0.717) is 24.1 Å². The van der Waals surface area contributed by atoms with Crippen molar-refractivity contribution in [1.29, 1.82) is 0 Å². The van der Waals surface area contributed by atoms with Gasteiger partial charge in [-0.3, -0.25) is 4.79 Å². The first kappa shape index (κ1) is 27.7. The van der Waals surface area contributed by atoms with Gasteiger partial charge in [-0.15, -0.1) is 24.8 Å². The Hall–Kier alpha value is -1.90. The summed E-state index contributed by atoms with van der Waals surface area (Å²) in [5.74, 6) is 4.25. The number of carbonyl (C=O) groups is 1. The molecule has 1 aliphatic carbocycles. The van der Waals surface area contributed by atoms with E-state index in [1.54, 1.807) is 6.33 Å². The Morgan fingerprint density at radius 3 is 2.46 bits per heavy atom. The van der Waals surface area contributed by atoms with Gasteiger partial charge in [-0.05, 0) is 52.4 Å². The Labute approximate surface area is 220 Å². The zero-order valence-electron chi connectivity index (χ0n) is 21.2. The molecule has 2 N–H and O–H groups in total. The summed E-state index contributed by atoms with van der Waals surface area (Å²) < 4.78 is 2.41. The quantitative estimate of drug-likeness (QED) is 0.574. The maximum absolute atomic E-state index is 11.9. The second kappa shape index (κ2) is 11.0. The fourth-order valence-electron chi connectivity index (χ4n) is 5.19. The van der Waals surface area contributed by atoms with Crippen LogP contribution in [-0.2, 0) is 11.3 Å². The van der Waals surface area contributed by atoms with E-state index in [-0.39, 0.29) is 42.2 Å². The Balaban J connectivity index is 0.00000171. The summed E-state index contributed by atoms with van der Waals surface area (Å²) >= 11 is 0. The van der Waals surface area contributed by atoms with Crippen molar-refractivity contribution in [2.75, 3.05) is 29.9 Å². The van der Waals surface area contributed by atoms with Crippen molar-refractivity contribution in [1.82, 2.24) is 24.8 Å². The number of nitrogens with zero attached hydrogens (tertiary/aromatic N) is 5. The second-order valence-electron chi connectivity index (χ2n) is 11.0. The molecular weight excluding hydrogens is 485 g/mol. The lowest BCUT2D eigenvalue weighted by atomic mass is 9.92. The zero-order chi connectivity index (χ0) is 23.2. The molecule has 10 heteroatoms. The number of carbonyl (C=O) groups excluding carboxylic acids is 1. The van der Waals surface area contributed by atoms with Gasteiger partial charge in [0.2, 0.25) is 5.91 Å². The van der Waals surface area contributed by atoms with Crippen molar-refractivity contribution in [2.24, 2.45) is 0 Å². The lowest BCUT2D eigenvalue weighted by molar-refractivity contribution is -0.116. The highest BCUT2D eigenvalue weighted by atomic mass is 35.5. The molecule has 2 aliphatic heterocycles. The summed E-state index contributed by atoms with van der Waals surface area (Å²) in [4.78, 5) is 28.4. The summed E-state index contributed by atoms with van der Waals surface area (Å²) in [7, 11) is 0. The lowest BCUT2D eigenvalue weighted by Crippen LogP contribution is -2.38. The third kappa shape index (κ3) is 6.27. The minimum absolute atomic E-state index is 0. The average Bonchev–Trinajstić information content (AvgIpc) is 3.53. The number of piperidine rings is 1. The number of imidazole rings is 1. The molecule has 3 aliphatic rings. The molecule has 194 valence electrons. The number of nitrogens with one attached hydrogen (secondary N) is 2. The SMILES string of the molecule is C[C@@H]1CC(=O)Nc2ncnc(N3CCC(c4nc(C5CC5)cn4CCNC(C)(C)C)CC3)c21.Cl.Cl. The molecule has 4 heterocycles. The lowest BCUT2D eigenvalue weighted by Gasteiger charge is -2.35. The Kier molecular flexibility index (Phi) is 8.71. The molecule has 5 rings (SSSR count). The molecule has 0 aromatic carbocycles. The van der Waals surface area contributed by atoms with Crippen molar-refractivity contribution in [3.63, 3.8) is 0 Å². The van der Waals surface area contributed by atoms with Crippen LogP contribution in [0.25, 0.3) is 0 Å². The maximum Gasteiger partial charge on any atom is 0.226 e. The van der Waals surface area contributed by atoms with Gasteiger partial charge < -0.3 is 20.1 Å². The minimum Gasteiger partial charge on any atom is -0.356 e. The molecule has 2 fully saturated rings.